The molecule has 1 fully saturated rings. The van der Waals surface area contributed by atoms with Gasteiger partial charge in [0.1, 0.15) is 24.4 Å². The van der Waals surface area contributed by atoms with Crippen LogP contribution in [0, 0.1) is 0 Å². The molecule has 1 saturated heterocycles. The molecule has 9 nitrogen and oxygen atoms in total. The van der Waals surface area contributed by atoms with E-state index in [0.29, 0.717) is 6.42 Å². The van der Waals surface area contributed by atoms with Crippen LogP contribution in [0.5, 0.6) is 0 Å². The molecule has 1 aliphatic rings. The van der Waals surface area contributed by atoms with Gasteiger partial charge < -0.3 is 40.3 Å². The Hall–Kier alpha value is -2.11. The molecular formula is C57H103NO8. The van der Waals surface area contributed by atoms with Gasteiger partial charge >= 0.3 is 0 Å². The molecule has 7 atom stereocenters. The smallest absolute Gasteiger partial charge is 0.220 e. The Morgan fingerprint density at radius 2 is 0.909 bits per heavy atom. The van der Waals surface area contributed by atoms with Crippen LogP contribution in [0.15, 0.2) is 60.8 Å². The van der Waals surface area contributed by atoms with Crippen molar-refractivity contribution in [2.75, 3.05) is 13.2 Å². The second-order valence-electron chi connectivity index (χ2n) is 19.0. The average Bonchev–Trinajstić information content (AvgIpc) is 3.32. The van der Waals surface area contributed by atoms with Crippen LogP contribution < -0.4 is 5.32 Å². The minimum atomic E-state index is -1.57. The highest BCUT2D eigenvalue weighted by Gasteiger charge is 2.44. The summed E-state index contributed by atoms with van der Waals surface area (Å²) in [6.45, 7) is 3.72. The highest BCUT2D eigenvalue weighted by atomic mass is 16.7. The van der Waals surface area contributed by atoms with E-state index in [2.05, 4.69) is 67.8 Å². The van der Waals surface area contributed by atoms with E-state index < -0.39 is 49.5 Å². The van der Waals surface area contributed by atoms with E-state index in [0.717, 1.165) is 57.8 Å². The summed E-state index contributed by atoms with van der Waals surface area (Å²) < 4.78 is 11.2. The van der Waals surface area contributed by atoms with Crippen molar-refractivity contribution in [2.45, 2.75) is 281 Å². The molecule has 1 rings (SSSR count). The van der Waals surface area contributed by atoms with E-state index in [1.807, 2.05) is 6.08 Å². The summed E-state index contributed by atoms with van der Waals surface area (Å²) in [4.78, 5) is 13.0. The van der Waals surface area contributed by atoms with Crippen LogP contribution in [0.2, 0.25) is 0 Å². The second kappa shape index (κ2) is 46.6. The molecule has 0 aromatic rings. The number of aliphatic hydroxyl groups excluding tert-OH is 5. The number of aliphatic hydroxyl groups is 5. The summed E-state index contributed by atoms with van der Waals surface area (Å²) in [6.07, 6.45) is 55.7. The van der Waals surface area contributed by atoms with Gasteiger partial charge in [-0.15, -0.1) is 0 Å². The first kappa shape index (κ1) is 61.9. The van der Waals surface area contributed by atoms with E-state index in [-0.39, 0.29) is 12.5 Å². The first-order valence-electron chi connectivity index (χ1n) is 27.5. The van der Waals surface area contributed by atoms with Crippen molar-refractivity contribution in [2.24, 2.45) is 0 Å². The van der Waals surface area contributed by atoms with Crippen LogP contribution in [0.25, 0.3) is 0 Å². The molecule has 0 bridgehead atoms. The van der Waals surface area contributed by atoms with Gasteiger partial charge in [-0.3, -0.25) is 4.79 Å². The fraction of sp³-hybridized carbons (Fsp3) is 0.807. The summed E-state index contributed by atoms with van der Waals surface area (Å²) in [5.74, 6) is -0.191. The van der Waals surface area contributed by atoms with Gasteiger partial charge in [-0.25, -0.2) is 0 Å². The lowest BCUT2D eigenvalue weighted by molar-refractivity contribution is -0.302. The molecule has 66 heavy (non-hydrogen) atoms. The van der Waals surface area contributed by atoms with Gasteiger partial charge in [-0.2, -0.15) is 0 Å². The minimum absolute atomic E-state index is 0.191. The maximum absolute atomic E-state index is 13.0. The predicted octanol–water partition coefficient (Wildman–Crippen LogP) is 13.1. The molecule has 0 aliphatic carbocycles. The molecule has 0 radical (unpaired) electrons. The van der Waals surface area contributed by atoms with Crippen LogP contribution in [0.3, 0.4) is 0 Å². The van der Waals surface area contributed by atoms with E-state index >= 15 is 0 Å². The number of hydrogen-bond donors (Lipinski definition) is 6. The summed E-state index contributed by atoms with van der Waals surface area (Å²) in [5.41, 5.74) is 0. The fourth-order valence-electron chi connectivity index (χ4n) is 8.40. The van der Waals surface area contributed by atoms with Crippen molar-refractivity contribution in [3.8, 4) is 0 Å². The topological polar surface area (TPSA) is 149 Å². The number of nitrogens with one attached hydrogen (secondary N) is 1. The maximum atomic E-state index is 13.0. The van der Waals surface area contributed by atoms with Gasteiger partial charge in [0.25, 0.3) is 0 Å². The largest absolute Gasteiger partial charge is 0.394 e. The average molecular weight is 930 g/mol. The molecule has 0 aromatic carbocycles. The summed E-state index contributed by atoms with van der Waals surface area (Å²) in [7, 11) is 0. The lowest BCUT2D eigenvalue weighted by Gasteiger charge is -2.40. The minimum Gasteiger partial charge on any atom is -0.394 e. The van der Waals surface area contributed by atoms with Crippen LogP contribution in [0.4, 0.5) is 0 Å². The Balaban J connectivity index is 2.19. The molecule has 9 heteroatoms. The first-order chi connectivity index (χ1) is 32.3. The molecule has 0 aromatic heterocycles. The normalized spacial score (nSPS) is 20.3. The van der Waals surface area contributed by atoms with Crippen LogP contribution in [-0.2, 0) is 14.3 Å². The zero-order valence-electron chi connectivity index (χ0n) is 42.4. The Kier molecular flexibility index (Phi) is 43.7. The number of rotatable bonds is 46. The lowest BCUT2D eigenvalue weighted by atomic mass is 9.99. The second-order valence-corrected chi connectivity index (χ2v) is 19.0. The third-order valence-electron chi connectivity index (χ3n) is 12.8. The molecule has 1 aliphatic heterocycles. The monoisotopic (exact) mass is 930 g/mol. The zero-order chi connectivity index (χ0) is 48.0. The number of carbonyl (C=O) groups excluding carboxylic acids is 1. The molecule has 1 heterocycles. The summed E-state index contributed by atoms with van der Waals surface area (Å²) in [6, 6.07) is -0.828. The number of ether oxygens (including phenoxy) is 2. The van der Waals surface area contributed by atoms with Crippen molar-refractivity contribution < 1.29 is 39.8 Å². The van der Waals surface area contributed by atoms with Crippen molar-refractivity contribution in [3.05, 3.63) is 60.8 Å². The Morgan fingerprint density at radius 1 is 0.515 bits per heavy atom. The first-order valence-corrected chi connectivity index (χ1v) is 27.5. The van der Waals surface area contributed by atoms with Crippen LogP contribution >= 0.6 is 0 Å². The number of carbonyl (C=O) groups is 1. The van der Waals surface area contributed by atoms with Crippen molar-refractivity contribution in [1.82, 2.24) is 5.32 Å². The Morgan fingerprint density at radius 3 is 1.38 bits per heavy atom. The van der Waals surface area contributed by atoms with E-state index in [1.165, 1.54) is 161 Å². The lowest BCUT2D eigenvalue weighted by Crippen LogP contribution is -2.60. The third-order valence-corrected chi connectivity index (χ3v) is 12.8. The van der Waals surface area contributed by atoms with Gasteiger partial charge in [0.2, 0.25) is 5.91 Å². The van der Waals surface area contributed by atoms with Gasteiger partial charge in [-0.1, -0.05) is 216 Å². The third kappa shape index (κ3) is 36.0. The zero-order valence-corrected chi connectivity index (χ0v) is 42.4. The van der Waals surface area contributed by atoms with E-state index in [9.17, 15) is 30.3 Å². The summed E-state index contributed by atoms with van der Waals surface area (Å²) in [5, 5.41) is 54.3. The van der Waals surface area contributed by atoms with Crippen LogP contribution in [0.1, 0.15) is 239 Å². The van der Waals surface area contributed by atoms with Gasteiger partial charge in [0.05, 0.1) is 25.4 Å². The van der Waals surface area contributed by atoms with Gasteiger partial charge in [0.15, 0.2) is 6.29 Å². The van der Waals surface area contributed by atoms with Gasteiger partial charge in [-0.05, 0) is 77.0 Å². The van der Waals surface area contributed by atoms with Crippen molar-refractivity contribution in [3.63, 3.8) is 0 Å². The molecule has 1 amide bonds. The molecule has 7 unspecified atom stereocenters. The van der Waals surface area contributed by atoms with Crippen molar-refractivity contribution in [1.29, 1.82) is 0 Å². The highest BCUT2D eigenvalue weighted by molar-refractivity contribution is 5.76. The molecule has 6 N–H and O–H groups in total. The molecular weight excluding hydrogens is 827 g/mol. The van der Waals surface area contributed by atoms with E-state index in [4.69, 9.17) is 9.47 Å². The molecule has 0 spiro atoms. The standard InChI is InChI=1S/C57H103NO8/c1-3-5-7-9-11-13-15-17-19-20-21-22-23-24-25-26-27-28-29-30-31-32-33-35-37-39-41-43-45-47-53(61)58-50(49-65-57-56(64)55(63)54(62)52(48-59)66-57)51(60)46-44-42-40-38-36-34-18-16-14-12-10-8-6-4-2/h14-17,20-21,36,38,44,46,50-52,54-57,59-60,62-64H,3-13,18-19,22-35,37,39-43,45,47-49H2,1-2H3,(H,58,61)/b16-14+,17-15-,21-20-,38-36+,46-44+. The van der Waals surface area contributed by atoms with E-state index in [1.54, 1.807) is 6.08 Å². The number of allylic oxidation sites excluding steroid dienone is 9. The number of unbranched alkanes of at least 4 members (excludes halogenated alkanes) is 28. The SMILES string of the molecule is CCCCCC/C=C/CC/C=C/CC/C=C/C(O)C(COC1OC(CO)C(O)C(O)C1O)NC(=O)CCCCCCCCCCCCCCCCCCC/C=C\C/C=C\CCCCCCC. The van der Waals surface area contributed by atoms with Crippen molar-refractivity contribution >= 4 is 5.91 Å². The predicted molar refractivity (Wildman–Crippen MR) is 276 cm³/mol. The Labute approximate surface area is 405 Å². The number of amides is 1. The van der Waals surface area contributed by atoms with Gasteiger partial charge in [0, 0.05) is 6.42 Å². The molecule has 0 saturated carbocycles. The molecule has 384 valence electrons. The fourth-order valence-corrected chi connectivity index (χ4v) is 8.40. The quantitative estimate of drug-likeness (QED) is 0.0261. The maximum Gasteiger partial charge on any atom is 0.220 e. The Bertz CT molecular complexity index is 1220. The van der Waals surface area contributed by atoms with Crippen LogP contribution in [-0.4, -0.2) is 87.5 Å². The highest BCUT2D eigenvalue weighted by Crippen LogP contribution is 2.23. The summed E-state index contributed by atoms with van der Waals surface area (Å²) >= 11 is 0. The number of hydrogen-bond acceptors (Lipinski definition) is 8.